The number of hydrogen-bond acceptors (Lipinski definition) is 5. The molecule has 1 fully saturated rings. The molecule has 2 aliphatic heterocycles. The third-order valence-corrected chi connectivity index (χ3v) is 5.25. The summed E-state index contributed by atoms with van der Waals surface area (Å²) >= 11 is 1.92. The molecule has 2 aliphatic rings. The maximum atomic E-state index is 12.3. The predicted molar refractivity (Wildman–Crippen MR) is 79.4 cm³/mol. The fourth-order valence-corrected chi connectivity index (χ4v) is 3.74. The molecule has 1 aromatic carbocycles. The number of ether oxygens (including phenoxy) is 2. The molecule has 1 atom stereocenters. The van der Waals surface area contributed by atoms with Crippen molar-refractivity contribution in [3.63, 3.8) is 0 Å². The van der Waals surface area contributed by atoms with E-state index in [1.165, 1.54) is 12.2 Å². The third-order valence-electron chi connectivity index (χ3n) is 3.71. The molecule has 1 saturated heterocycles. The van der Waals surface area contributed by atoms with Gasteiger partial charge >= 0.3 is 0 Å². The second-order valence-electron chi connectivity index (χ2n) is 5.38. The Morgan fingerprint density at radius 2 is 2.20 bits per heavy atom. The van der Waals surface area contributed by atoms with Crippen molar-refractivity contribution in [1.82, 2.24) is 5.32 Å². The zero-order valence-corrected chi connectivity index (χ0v) is 12.2. The van der Waals surface area contributed by atoms with E-state index < -0.39 is 0 Å². The van der Waals surface area contributed by atoms with Crippen molar-refractivity contribution in [2.24, 2.45) is 0 Å². The summed E-state index contributed by atoms with van der Waals surface area (Å²) in [5, 5.41) is 2.98. The molecule has 1 unspecified atom stereocenters. The van der Waals surface area contributed by atoms with Gasteiger partial charge in [0, 0.05) is 23.0 Å². The molecule has 6 heteroatoms. The number of nitrogens with two attached hydrogens (primary N) is 1. The molecule has 5 nitrogen and oxygen atoms in total. The first-order valence-electron chi connectivity index (χ1n) is 6.69. The van der Waals surface area contributed by atoms with Crippen molar-refractivity contribution in [3.05, 3.63) is 17.7 Å². The minimum absolute atomic E-state index is 0.140. The van der Waals surface area contributed by atoms with Gasteiger partial charge in [0.2, 0.25) is 6.79 Å². The van der Waals surface area contributed by atoms with E-state index in [4.69, 9.17) is 15.2 Å². The second-order valence-corrected chi connectivity index (χ2v) is 7.06. The third kappa shape index (κ3) is 2.52. The van der Waals surface area contributed by atoms with Gasteiger partial charge in [0.05, 0.1) is 5.56 Å². The molecule has 0 saturated carbocycles. The second kappa shape index (κ2) is 5.09. The van der Waals surface area contributed by atoms with E-state index in [2.05, 4.69) is 12.2 Å². The number of thioether (sulfide) groups is 1. The first kappa shape index (κ1) is 13.4. The van der Waals surface area contributed by atoms with Crippen LogP contribution in [0.2, 0.25) is 0 Å². The van der Waals surface area contributed by atoms with Crippen molar-refractivity contribution < 1.29 is 14.3 Å². The lowest BCUT2D eigenvalue weighted by Crippen LogP contribution is -2.37. The van der Waals surface area contributed by atoms with E-state index in [0.29, 0.717) is 29.3 Å². The summed E-state index contributed by atoms with van der Waals surface area (Å²) in [4.78, 5) is 12.3. The number of carbonyl (C=O) groups is 1. The molecule has 0 spiro atoms. The predicted octanol–water partition coefficient (Wildman–Crippen LogP) is 2.01. The van der Waals surface area contributed by atoms with E-state index >= 15 is 0 Å². The molecule has 20 heavy (non-hydrogen) atoms. The monoisotopic (exact) mass is 294 g/mol. The van der Waals surface area contributed by atoms with Gasteiger partial charge in [0.25, 0.3) is 5.91 Å². The highest BCUT2D eigenvalue weighted by atomic mass is 32.2. The highest BCUT2D eigenvalue weighted by molar-refractivity contribution is 8.00. The van der Waals surface area contributed by atoms with Crippen LogP contribution in [-0.2, 0) is 0 Å². The topological polar surface area (TPSA) is 73.6 Å². The molecule has 1 aromatic rings. The van der Waals surface area contributed by atoms with Crippen LogP contribution in [0.1, 0.15) is 30.1 Å². The molecular weight excluding hydrogens is 276 g/mol. The quantitative estimate of drug-likeness (QED) is 0.834. The van der Waals surface area contributed by atoms with Gasteiger partial charge in [-0.1, -0.05) is 0 Å². The molecule has 1 amide bonds. The van der Waals surface area contributed by atoms with Gasteiger partial charge in [-0.2, -0.15) is 11.8 Å². The van der Waals surface area contributed by atoms with Crippen LogP contribution in [0.5, 0.6) is 11.5 Å². The summed E-state index contributed by atoms with van der Waals surface area (Å²) in [6.45, 7) is 3.02. The molecule has 0 aliphatic carbocycles. The fraction of sp³-hybridized carbons (Fsp3) is 0.500. The summed E-state index contributed by atoms with van der Waals surface area (Å²) in [6.07, 6.45) is 2.35. The minimum Gasteiger partial charge on any atom is -0.454 e. The highest BCUT2D eigenvalue weighted by Gasteiger charge is 2.30. The molecule has 0 radical (unpaired) electrons. The summed E-state index contributed by atoms with van der Waals surface area (Å²) < 4.78 is 10.7. The Hall–Kier alpha value is -1.56. The number of rotatable bonds is 3. The van der Waals surface area contributed by atoms with Gasteiger partial charge < -0.3 is 20.5 Å². The van der Waals surface area contributed by atoms with E-state index in [9.17, 15) is 4.79 Å². The van der Waals surface area contributed by atoms with Crippen molar-refractivity contribution in [2.75, 3.05) is 24.8 Å². The molecule has 3 rings (SSSR count). The number of amides is 1. The van der Waals surface area contributed by atoms with Crippen LogP contribution in [-0.4, -0.2) is 29.7 Å². The Morgan fingerprint density at radius 1 is 1.45 bits per heavy atom. The number of nitrogen functional groups attached to an aromatic ring is 1. The maximum Gasteiger partial charge on any atom is 0.253 e. The first-order chi connectivity index (χ1) is 9.57. The highest BCUT2D eigenvalue weighted by Crippen LogP contribution is 2.38. The minimum atomic E-state index is -0.158. The van der Waals surface area contributed by atoms with E-state index in [1.54, 1.807) is 12.1 Å². The lowest BCUT2D eigenvalue weighted by Gasteiger charge is -2.23. The number of fused-ring (bicyclic) bond motifs is 1. The Morgan fingerprint density at radius 3 is 2.90 bits per heavy atom. The zero-order valence-electron chi connectivity index (χ0n) is 11.4. The lowest BCUT2D eigenvalue weighted by molar-refractivity contribution is 0.0950. The van der Waals surface area contributed by atoms with Gasteiger partial charge in [-0.3, -0.25) is 4.79 Å². The molecule has 0 bridgehead atoms. The number of hydrogen-bond donors (Lipinski definition) is 2. The van der Waals surface area contributed by atoms with Gasteiger partial charge in [0.1, 0.15) is 0 Å². The van der Waals surface area contributed by atoms with E-state index in [-0.39, 0.29) is 17.4 Å². The smallest absolute Gasteiger partial charge is 0.253 e. The Kier molecular flexibility index (Phi) is 3.41. The first-order valence-corrected chi connectivity index (χ1v) is 7.67. The normalized spacial score (nSPS) is 23.9. The molecule has 108 valence electrons. The number of nitrogens with one attached hydrogen (secondary N) is 1. The van der Waals surface area contributed by atoms with E-state index in [0.717, 1.165) is 6.42 Å². The lowest BCUT2D eigenvalue weighted by atomic mass is 10.1. The molecule has 0 aromatic heterocycles. The largest absolute Gasteiger partial charge is 0.454 e. The van der Waals surface area contributed by atoms with Crippen LogP contribution in [0.15, 0.2) is 12.1 Å². The average Bonchev–Trinajstić information content (AvgIpc) is 3.04. The fourth-order valence-electron chi connectivity index (χ4n) is 2.49. The summed E-state index contributed by atoms with van der Waals surface area (Å²) in [6, 6.07) is 3.29. The zero-order chi connectivity index (χ0) is 14.2. The summed E-state index contributed by atoms with van der Waals surface area (Å²) in [7, 11) is 0. The van der Waals surface area contributed by atoms with Crippen LogP contribution in [0.25, 0.3) is 0 Å². The average molecular weight is 294 g/mol. The van der Waals surface area contributed by atoms with Crippen molar-refractivity contribution in [2.45, 2.75) is 24.5 Å². The van der Waals surface area contributed by atoms with Crippen LogP contribution in [0.3, 0.4) is 0 Å². The molecule has 2 heterocycles. The SMILES string of the molecule is CC1(CNC(=O)c2cc3c(cc2N)OCO3)CCCS1. The van der Waals surface area contributed by atoms with Gasteiger partial charge in [-0.05, 0) is 31.6 Å². The van der Waals surface area contributed by atoms with Crippen LogP contribution >= 0.6 is 11.8 Å². The standard InChI is InChI=1S/C14H18N2O3S/c1-14(3-2-4-20-14)7-16-13(17)9-5-11-12(6-10(9)15)19-8-18-11/h5-6H,2-4,7-8,15H2,1H3,(H,16,17). The van der Waals surface area contributed by atoms with Crippen molar-refractivity contribution in [1.29, 1.82) is 0 Å². The van der Waals surface area contributed by atoms with Gasteiger partial charge in [-0.15, -0.1) is 0 Å². The number of carbonyl (C=O) groups excluding carboxylic acids is 1. The van der Waals surface area contributed by atoms with Gasteiger partial charge in [-0.25, -0.2) is 0 Å². The van der Waals surface area contributed by atoms with E-state index in [1.807, 2.05) is 11.8 Å². The van der Waals surface area contributed by atoms with Crippen molar-refractivity contribution >= 4 is 23.4 Å². The van der Waals surface area contributed by atoms with Crippen molar-refractivity contribution in [3.8, 4) is 11.5 Å². The van der Waals surface area contributed by atoms with Crippen LogP contribution in [0, 0.1) is 0 Å². The van der Waals surface area contributed by atoms with Crippen LogP contribution < -0.4 is 20.5 Å². The molecular formula is C14H18N2O3S. The number of benzene rings is 1. The summed E-state index contributed by atoms with van der Waals surface area (Å²) in [5.74, 6) is 2.18. The maximum absolute atomic E-state index is 12.3. The van der Waals surface area contributed by atoms with Crippen LogP contribution in [0.4, 0.5) is 5.69 Å². The Bertz CT molecular complexity index is 541. The molecule has 3 N–H and O–H groups in total. The Labute approximate surface area is 122 Å². The number of anilines is 1. The van der Waals surface area contributed by atoms with Gasteiger partial charge in [0.15, 0.2) is 11.5 Å². The Balaban J connectivity index is 1.71. The summed E-state index contributed by atoms with van der Waals surface area (Å²) in [5.41, 5.74) is 6.77.